The number of carbonyl (C=O) groups excluding carboxylic acids is 1. The van der Waals surface area contributed by atoms with Gasteiger partial charge in [-0.25, -0.2) is 0 Å². The molecule has 1 aromatic carbocycles. The van der Waals surface area contributed by atoms with Gasteiger partial charge in [-0.15, -0.1) is 0 Å². The van der Waals surface area contributed by atoms with Gasteiger partial charge in [-0.05, 0) is 82.4 Å². The van der Waals surface area contributed by atoms with E-state index in [0.29, 0.717) is 18.4 Å². The Balaban J connectivity index is 1.77. The van der Waals surface area contributed by atoms with E-state index in [4.69, 9.17) is 4.74 Å². The molecular formula is C14H17BrINO2. The molecule has 0 spiro atoms. The molecule has 0 bridgehead atoms. The predicted molar refractivity (Wildman–Crippen MR) is 88.2 cm³/mol. The minimum absolute atomic E-state index is 0.0954. The molecule has 2 rings (SSSR count). The van der Waals surface area contributed by atoms with Crippen LogP contribution in [0.15, 0.2) is 22.7 Å². The topological polar surface area (TPSA) is 38.3 Å². The molecule has 1 amide bonds. The fourth-order valence-corrected chi connectivity index (χ4v) is 3.02. The van der Waals surface area contributed by atoms with E-state index in [1.54, 1.807) is 0 Å². The van der Waals surface area contributed by atoms with Gasteiger partial charge in [0.2, 0.25) is 5.91 Å². The zero-order valence-corrected chi connectivity index (χ0v) is 14.5. The van der Waals surface area contributed by atoms with Gasteiger partial charge in [0.15, 0.2) is 0 Å². The van der Waals surface area contributed by atoms with Crippen LogP contribution in [0.2, 0.25) is 0 Å². The molecule has 0 heterocycles. The van der Waals surface area contributed by atoms with E-state index in [0.717, 1.165) is 33.2 Å². The zero-order valence-electron chi connectivity index (χ0n) is 10.8. The van der Waals surface area contributed by atoms with Crippen molar-refractivity contribution >= 4 is 50.1 Å². The molecule has 104 valence electrons. The lowest BCUT2D eigenvalue weighted by Gasteiger charge is -2.34. The third-order valence-corrected chi connectivity index (χ3v) is 5.60. The maximum atomic E-state index is 11.9. The lowest BCUT2D eigenvalue weighted by atomic mass is 9.80. The summed E-state index contributed by atoms with van der Waals surface area (Å²) in [7, 11) is 0. The number of halogens is 2. The largest absolute Gasteiger partial charge is 0.378 e. The predicted octanol–water partition coefficient (Wildman–Crippen LogP) is 4.20. The average Bonchev–Trinajstić information content (AvgIpc) is 2.31. The molecule has 1 aliphatic rings. The van der Waals surface area contributed by atoms with Crippen LogP contribution in [-0.4, -0.2) is 18.6 Å². The molecule has 3 nitrogen and oxygen atoms in total. The van der Waals surface area contributed by atoms with Crippen LogP contribution < -0.4 is 5.32 Å². The molecule has 0 saturated heterocycles. The molecule has 1 fully saturated rings. The highest BCUT2D eigenvalue weighted by Crippen LogP contribution is 2.33. The van der Waals surface area contributed by atoms with E-state index in [-0.39, 0.29) is 5.91 Å². The smallest absolute Gasteiger partial charge is 0.224 e. The summed E-state index contributed by atoms with van der Waals surface area (Å²) in [6.07, 6.45) is 2.99. The summed E-state index contributed by atoms with van der Waals surface area (Å²) in [5.41, 5.74) is 0.860. The lowest BCUT2D eigenvalue weighted by Crippen LogP contribution is -2.33. The molecule has 1 aromatic rings. The van der Waals surface area contributed by atoms with Crippen molar-refractivity contribution in [1.82, 2.24) is 0 Å². The van der Waals surface area contributed by atoms with Gasteiger partial charge in [0.1, 0.15) is 0 Å². The monoisotopic (exact) mass is 437 g/mol. The maximum absolute atomic E-state index is 11.9. The van der Waals surface area contributed by atoms with Crippen LogP contribution in [0.25, 0.3) is 0 Å². The highest BCUT2D eigenvalue weighted by Gasteiger charge is 2.30. The molecule has 0 aliphatic heterocycles. The van der Waals surface area contributed by atoms with Crippen LogP contribution in [0, 0.1) is 9.49 Å². The van der Waals surface area contributed by atoms with Crippen molar-refractivity contribution in [2.24, 2.45) is 5.92 Å². The van der Waals surface area contributed by atoms with E-state index >= 15 is 0 Å². The quantitative estimate of drug-likeness (QED) is 0.701. The summed E-state index contributed by atoms with van der Waals surface area (Å²) in [5, 5.41) is 2.95. The Hall–Kier alpha value is -0.140. The number of hydrogen-bond acceptors (Lipinski definition) is 2. The van der Waals surface area contributed by atoms with E-state index in [9.17, 15) is 4.79 Å². The highest BCUT2D eigenvalue weighted by atomic mass is 127. The van der Waals surface area contributed by atoms with Crippen LogP contribution in [0.1, 0.15) is 26.2 Å². The third-order valence-electron chi connectivity index (χ3n) is 3.27. The number of ether oxygens (including phenoxy) is 1. The Morgan fingerprint density at radius 1 is 1.53 bits per heavy atom. The molecule has 19 heavy (non-hydrogen) atoms. The second kappa shape index (κ2) is 7.04. The summed E-state index contributed by atoms with van der Waals surface area (Å²) < 4.78 is 7.64. The van der Waals surface area contributed by atoms with E-state index in [1.807, 2.05) is 25.1 Å². The summed E-state index contributed by atoms with van der Waals surface area (Å²) in [6, 6.07) is 5.83. The van der Waals surface area contributed by atoms with Crippen molar-refractivity contribution in [3.8, 4) is 0 Å². The van der Waals surface area contributed by atoms with Crippen LogP contribution in [0.5, 0.6) is 0 Å². The number of rotatable bonds is 5. The minimum atomic E-state index is 0.0954. The number of nitrogens with one attached hydrogen (secondary N) is 1. The minimum Gasteiger partial charge on any atom is -0.378 e. The number of anilines is 1. The highest BCUT2D eigenvalue weighted by molar-refractivity contribution is 14.1. The number of carbonyl (C=O) groups is 1. The van der Waals surface area contributed by atoms with Gasteiger partial charge in [0.25, 0.3) is 0 Å². The first-order valence-electron chi connectivity index (χ1n) is 6.45. The zero-order chi connectivity index (χ0) is 13.8. The maximum Gasteiger partial charge on any atom is 0.224 e. The number of amides is 1. The van der Waals surface area contributed by atoms with E-state index in [2.05, 4.69) is 43.8 Å². The second-order valence-corrected chi connectivity index (χ2v) is 6.81. The number of hydrogen-bond donors (Lipinski definition) is 1. The van der Waals surface area contributed by atoms with Crippen molar-refractivity contribution in [1.29, 1.82) is 0 Å². The van der Waals surface area contributed by atoms with Crippen molar-refractivity contribution < 1.29 is 9.53 Å². The third kappa shape index (κ3) is 4.43. The SMILES string of the molecule is CCOC1CC(CC(=O)Nc2ccc(Br)c(I)c2)C1. The molecule has 1 saturated carbocycles. The fraction of sp³-hybridized carbons (Fsp3) is 0.500. The molecular weight excluding hydrogens is 421 g/mol. The van der Waals surface area contributed by atoms with Crippen LogP contribution in [0.4, 0.5) is 5.69 Å². The molecule has 1 aliphatic carbocycles. The standard InChI is InChI=1S/C14H17BrINO2/c1-2-19-11-5-9(6-11)7-14(18)17-10-3-4-12(15)13(16)8-10/h3-4,8-9,11H,2,5-7H2,1H3,(H,17,18). The lowest BCUT2D eigenvalue weighted by molar-refractivity contribution is -0.119. The van der Waals surface area contributed by atoms with Crippen LogP contribution in [0.3, 0.4) is 0 Å². The van der Waals surface area contributed by atoms with Gasteiger partial charge in [0.05, 0.1) is 6.10 Å². The van der Waals surface area contributed by atoms with Gasteiger partial charge in [-0.1, -0.05) is 0 Å². The van der Waals surface area contributed by atoms with E-state index in [1.165, 1.54) is 0 Å². The summed E-state index contributed by atoms with van der Waals surface area (Å²) in [4.78, 5) is 11.9. The Morgan fingerprint density at radius 2 is 2.26 bits per heavy atom. The number of benzene rings is 1. The Morgan fingerprint density at radius 3 is 2.89 bits per heavy atom. The first-order chi connectivity index (χ1) is 9.08. The summed E-state index contributed by atoms with van der Waals surface area (Å²) >= 11 is 5.68. The first-order valence-corrected chi connectivity index (χ1v) is 8.32. The molecule has 0 radical (unpaired) electrons. The van der Waals surface area contributed by atoms with Crippen molar-refractivity contribution in [3.05, 3.63) is 26.2 Å². The average molecular weight is 438 g/mol. The van der Waals surface area contributed by atoms with Crippen molar-refractivity contribution in [2.75, 3.05) is 11.9 Å². The Kier molecular flexibility index (Phi) is 5.65. The normalized spacial score (nSPS) is 21.8. The Labute approximate surface area is 135 Å². The van der Waals surface area contributed by atoms with Crippen LogP contribution in [-0.2, 0) is 9.53 Å². The fourth-order valence-electron chi connectivity index (χ4n) is 2.26. The van der Waals surface area contributed by atoms with Gasteiger partial charge < -0.3 is 10.1 Å². The van der Waals surface area contributed by atoms with Gasteiger partial charge in [-0.2, -0.15) is 0 Å². The molecule has 0 atom stereocenters. The van der Waals surface area contributed by atoms with Gasteiger partial charge >= 0.3 is 0 Å². The van der Waals surface area contributed by atoms with Gasteiger partial charge in [0, 0.05) is 26.8 Å². The second-order valence-electron chi connectivity index (χ2n) is 4.80. The molecule has 0 unspecified atom stereocenters. The van der Waals surface area contributed by atoms with Crippen molar-refractivity contribution in [3.63, 3.8) is 0 Å². The first kappa shape index (κ1) is 15.3. The van der Waals surface area contributed by atoms with E-state index < -0.39 is 0 Å². The molecule has 1 N–H and O–H groups in total. The van der Waals surface area contributed by atoms with Crippen molar-refractivity contribution in [2.45, 2.75) is 32.3 Å². The van der Waals surface area contributed by atoms with Gasteiger partial charge in [-0.3, -0.25) is 4.79 Å². The molecule has 0 aromatic heterocycles. The summed E-state index contributed by atoms with van der Waals surface area (Å²) in [5.74, 6) is 0.573. The summed E-state index contributed by atoms with van der Waals surface area (Å²) in [6.45, 7) is 2.77. The molecule has 5 heteroatoms. The van der Waals surface area contributed by atoms with Crippen LogP contribution >= 0.6 is 38.5 Å². The Bertz CT molecular complexity index is 461.